The first kappa shape index (κ1) is 22.0. The number of carbonyl (C=O) groups excluding carboxylic acids is 2. The van der Waals surface area contributed by atoms with Crippen molar-refractivity contribution in [1.29, 1.82) is 0 Å². The number of fused-ring (bicyclic) bond motifs is 2. The van der Waals surface area contributed by atoms with E-state index < -0.39 is 0 Å². The second kappa shape index (κ2) is 9.27. The van der Waals surface area contributed by atoms with Gasteiger partial charge >= 0.3 is 0 Å². The molecule has 0 saturated heterocycles. The number of rotatable bonds is 4. The van der Waals surface area contributed by atoms with Crippen molar-refractivity contribution in [2.24, 2.45) is 5.92 Å². The maximum atomic E-state index is 13.1. The van der Waals surface area contributed by atoms with Crippen LogP contribution in [0.3, 0.4) is 0 Å². The lowest BCUT2D eigenvalue weighted by molar-refractivity contribution is -0.123. The molecule has 35 heavy (non-hydrogen) atoms. The fraction of sp³-hybridized carbons (Fsp3) is 0.276. The summed E-state index contributed by atoms with van der Waals surface area (Å²) in [4.78, 5) is 32.6. The van der Waals surface area contributed by atoms with Crippen LogP contribution in [-0.4, -0.2) is 23.3 Å². The van der Waals surface area contributed by atoms with Crippen molar-refractivity contribution in [3.8, 4) is 11.3 Å². The number of hydrogen-bond acceptors (Lipinski definition) is 4. The predicted octanol–water partition coefficient (Wildman–Crippen LogP) is 6.69. The Balaban J connectivity index is 1.17. The Hall–Kier alpha value is -3.51. The molecule has 1 aliphatic heterocycles. The molecule has 6 heteroatoms. The number of aromatic nitrogens is 1. The molecular formula is C29H27N3O2S. The molecule has 0 spiro atoms. The molecule has 176 valence electrons. The Bertz CT molecular complexity index is 1420. The third-order valence-electron chi connectivity index (χ3n) is 7.23. The minimum Gasteiger partial charge on any atom is -0.312 e. The summed E-state index contributed by atoms with van der Waals surface area (Å²) in [6.07, 6.45) is 6.50. The van der Waals surface area contributed by atoms with E-state index in [1.807, 2.05) is 58.8 Å². The van der Waals surface area contributed by atoms with Crippen LogP contribution in [0.25, 0.3) is 22.0 Å². The summed E-state index contributed by atoms with van der Waals surface area (Å²) in [5.41, 5.74) is 4.70. The fourth-order valence-corrected chi connectivity index (χ4v) is 6.04. The molecule has 5 nitrogen and oxygen atoms in total. The maximum absolute atomic E-state index is 13.1. The highest BCUT2D eigenvalue weighted by atomic mass is 32.1. The smallest absolute Gasteiger partial charge is 0.257 e. The quantitative estimate of drug-likeness (QED) is 0.353. The van der Waals surface area contributed by atoms with Gasteiger partial charge in [0, 0.05) is 34.7 Å². The average molecular weight is 482 g/mol. The number of thiazole rings is 1. The molecule has 2 aliphatic rings. The summed E-state index contributed by atoms with van der Waals surface area (Å²) in [6, 6.07) is 20.0. The highest BCUT2D eigenvalue weighted by Gasteiger charge is 2.31. The summed E-state index contributed by atoms with van der Waals surface area (Å²) in [5, 5.41) is 7.63. The van der Waals surface area contributed by atoms with Crippen LogP contribution < -0.4 is 10.2 Å². The molecule has 1 aromatic heterocycles. The molecule has 6 rings (SSSR count). The summed E-state index contributed by atoms with van der Waals surface area (Å²) < 4.78 is 0. The van der Waals surface area contributed by atoms with Crippen molar-refractivity contribution in [2.45, 2.75) is 38.5 Å². The van der Waals surface area contributed by atoms with E-state index in [1.165, 1.54) is 36.2 Å². The van der Waals surface area contributed by atoms with Crippen molar-refractivity contribution >= 4 is 44.7 Å². The van der Waals surface area contributed by atoms with E-state index in [-0.39, 0.29) is 11.8 Å². The molecule has 2 heterocycles. The number of hydrogen-bond donors (Lipinski definition) is 1. The minimum atomic E-state index is -0.164. The zero-order valence-electron chi connectivity index (χ0n) is 19.5. The van der Waals surface area contributed by atoms with Gasteiger partial charge in [-0.1, -0.05) is 55.7 Å². The first-order chi connectivity index (χ1) is 17.2. The van der Waals surface area contributed by atoms with Crippen LogP contribution in [0.1, 0.15) is 48.0 Å². The Labute approximate surface area is 208 Å². The molecule has 4 aromatic rings. The normalized spacial score (nSPS) is 15.8. The lowest BCUT2D eigenvalue weighted by Gasteiger charge is -2.26. The standard InChI is InChI=1S/C29H27N3O2S/c33-27(24-11-10-19-6-4-5-9-21(19)16-24)31-29-30-25(18-35-29)22-12-13-26-23(17-22)14-15-32(26)28(34)20-7-2-1-3-8-20/h4-6,9-13,16-18,20H,1-3,7-8,14-15H2,(H,30,31,33). The number of nitrogens with zero attached hydrogens (tertiary/aromatic N) is 2. The van der Waals surface area contributed by atoms with Gasteiger partial charge in [0.2, 0.25) is 5.91 Å². The number of anilines is 2. The van der Waals surface area contributed by atoms with Crippen molar-refractivity contribution in [3.05, 3.63) is 77.2 Å². The summed E-state index contributed by atoms with van der Waals surface area (Å²) in [5.74, 6) is 0.313. The van der Waals surface area contributed by atoms with E-state index >= 15 is 0 Å². The van der Waals surface area contributed by atoms with Gasteiger partial charge in [-0.05, 0) is 59.9 Å². The van der Waals surface area contributed by atoms with Gasteiger partial charge in [0.05, 0.1) is 5.69 Å². The summed E-state index contributed by atoms with van der Waals surface area (Å²) in [7, 11) is 0. The predicted molar refractivity (Wildman–Crippen MR) is 142 cm³/mol. The lowest BCUT2D eigenvalue weighted by atomic mass is 9.88. The fourth-order valence-electron chi connectivity index (χ4n) is 5.32. The lowest BCUT2D eigenvalue weighted by Crippen LogP contribution is -2.35. The molecule has 0 radical (unpaired) electrons. The topological polar surface area (TPSA) is 62.3 Å². The van der Waals surface area contributed by atoms with E-state index in [2.05, 4.69) is 22.4 Å². The SMILES string of the molecule is O=C(Nc1nc(-c2ccc3c(c2)CCN3C(=O)C2CCCCC2)cs1)c1ccc2ccccc2c1. The van der Waals surface area contributed by atoms with Crippen molar-refractivity contribution < 1.29 is 9.59 Å². The van der Waals surface area contributed by atoms with Crippen LogP contribution in [-0.2, 0) is 11.2 Å². The number of nitrogens with one attached hydrogen (secondary N) is 1. The van der Waals surface area contributed by atoms with Crippen molar-refractivity contribution in [3.63, 3.8) is 0 Å². The zero-order chi connectivity index (χ0) is 23.8. The van der Waals surface area contributed by atoms with Gasteiger partial charge in [-0.25, -0.2) is 4.98 Å². The Kier molecular flexibility index (Phi) is 5.82. The Morgan fingerprint density at radius 1 is 0.943 bits per heavy atom. The number of carbonyl (C=O) groups is 2. The number of benzene rings is 3. The van der Waals surface area contributed by atoms with Gasteiger partial charge in [-0.2, -0.15) is 0 Å². The van der Waals surface area contributed by atoms with E-state index in [0.29, 0.717) is 16.6 Å². The van der Waals surface area contributed by atoms with Crippen LogP contribution in [0.2, 0.25) is 0 Å². The van der Waals surface area contributed by atoms with Gasteiger partial charge in [-0.15, -0.1) is 11.3 Å². The molecule has 2 amide bonds. The molecular weight excluding hydrogens is 454 g/mol. The van der Waals surface area contributed by atoms with Gasteiger partial charge in [0.1, 0.15) is 0 Å². The first-order valence-corrected chi connectivity index (χ1v) is 13.2. The molecule has 0 bridgehead atoms. The molecule has 3 aromatic carbocycles. The third kappa shape index (κ3) is 4.34. The Morgan fingerprint density at radius 3 is 2.63 bits per heavy atom. The molecule has 1 N–H and O–H groups in total. The second-order valence-electron chi connectivity index (χ2n) is 9.47. The molecule has 0 atom stereocenters. The van der Waals surface area contributed by atoms with Gasteiger partial charge < -0.3 is 4.90 Å². The molecule has 1 fully saturated rings. The van der Waals surface area contributed by atoms with Crippen LogP contribution in [0.5, 0.6) is 0 Å². The monoisotopic (exact) mass is 481 g/mol. The van der Waals surface area contributed by atoms with Crippen LogP contribution >= 0.6 is 11.3 Å². The highest BCUT2D eigenvalue weighted by molar-refractivity contribution is 7.14. The largest absolute Gasteiger partial charge is 0.312 e. The average Bonchev–Trinajstić information content (AvgIpc) is 3.55. The summed E-state index contributed by atoms with van der Waals surface area (Å²) in [6.45, 7) is 0.762. The van der Waals surface area contributed by atoms with Crippen LogP contribution in [0.4, 0.5) is 10.8 Å². The van der Waals surface area contributed by atoms with Crippen LogP contribution in [0.15, 0.2) is 66.0 Å². The van der Waals surface area contributed by atoms with E-state index in [0.717, 1.165) is 53.5 Å². The van der Waals surface area contributed by atoms with Gasteiger partial charge in [0.25, 0.3) is 5.91 Å². The van der Waals surface area contributed by atoms with Gasteiger partial charge in [-0.3, -0.25) is 14.9 Å². The maximum Gasteiger partial charge on any atom is 0.257 e. The number of amides is 2. The van der Waals surface area contributed by atoms with Gasteiger partial charge in [0.15, 0.2) is 5.13 Å². The zero-order valence-corrected chi connectivity index (χ0v) is 20.3. The summed E-state index contributed by atoms with van der Waals surface area (Å²) >= 11 is 1.42. The minimum absolute atomic E-state index is 0.164. The first-order valence-electron chi connectivity index (χ1n) is 12.4. The second-order valence-corrected chi connectivity index (χ2v) is 10.3. The van der Waals surface area contributed by atoms with E-state index in [1.54, 1.807) is 0 Å². The van der Waals surface area contributed by atoms with E-state index in [9.17, 15) is 9.59 Å². The highest BCUT2D eigenvalue weighted by Crippen LogP contribution is 2.36. The van der Waals surface area contributed by atoms with Crippen molar-refractivity contribution in [2.75, 3.05) is 16.8 Å². The molecule has 0 unspecified atom stereocenters. The molecule has 1 saturated carbocycles. The van der Waals surface area contributed by atoms with Crippen LogP contribution in [0, 0.1) is 5.92 Å². The third-order valence-corrected chi connectivity index (χ3v) is 7.99. The molecule has 1 aliphatic carbocycles. The Morgan fingerprint density at radius 2 is 1.77 bits per heavy atom. The van der Waals surface area contributed by atoms with Crippen molar-refractivity contribution in [1.82, 2.24) is 4.98 Å². The van der Waals surface area contributed by atoms with E-state index in [4.69, 9.17) is 0 Å².